The second-order valence-corrected chi connectivity index (χ2v) is 2.60. The maximum Gasteiger partial charge on any atom is 0.220 e. The average Bonchev–Trinajstić information content (AvgIpc) is 2.01. The van der Waals surface area contributed by atoms with Gasteiger partial charge in [-0.3, -0.25) is 4.79 Å². The van der Waals surface area contributed by atoms with E-state index in [1.165, 1.54) is 0 Å². The Bertz CT molecular complexity index is 109. The summed E-state index contributed by atoms with van der Waals surface area (Å²) in [6.07, 6.45) is 3.93. The molecule has 0 bridgehead atoms. The molecule has 0 aromatic rings. The summed E-state index contributed by atoms with van der Waals surface area (Å²) in [7, 11) is 2.12. The van der Waals surface area contributed by atoms with Gasteiger partial charge in [0.2, 0.25) is 5.91 Å². The molecule has 0 heterocycles. The topological polar surface area (TPSA) is 55.1 Å². The smallest absolute Gasteiger partial charge is 0.220 e. The minimum Gasteiger partial charge on any atom is -0.355 e. The Labute approximate surface area is 69.1 Å². The van der Waals surface area contributed by atoms with E-state index in [1.807, 2.05) is 0 Å². The molecule has 0 aliphatic carbocycles. The monoisotopic (exact) mass is 156 g/mol. The van der Waals surface area contributed by atoms with E-state index in [9.17, 15) is 4.79 Å². The second kappa shape index (κ2) is 7.60. The Balaban J connectivity index is 3.09. The second-order valence-electron chi connectivity index (χ2n) is 2.60. The van der Waals surface area contributed by atoms with Crippen molar-refractivity contribution in [1.29, 1.82) is 0 Å². The molecule has 0 saturated carbocycles. The fraction of sp³-hybridized carbons (Fsp3) is 0.857. The highest BCUT2D eigenvalue weighted by Gasteiger charge is 1.97. The summed E-state index contributed by atoms with van der Waals surface area (Å²) < 4.78 is 0. The minimum atomic E-state index is 0.129. The fourth-order valence-electron chi connectivity index (χ4n) is 0.836. The van der Waals surface area contributed by atoms with Crippen LogP contribution in [-0.2, 0) is 4.79 Å². The number of unbranched alkanes of at least 4 members (excludes halogenated alkanes) is 1. The van der Waals surface area contributed by atoms with E-state index in [0.717, 1.165) is 19.2 Å². The fourth-order valence-corrected chi connectivity index (χ4v) is 0.836. The lowest BCUT2D eigenvalue weighted by atomic mass is 9.99. The Morgan fingerprint density at radius 1 is 1.45 bits per heavy atom. The summed E-state index contributed by atoms with van der Waals surface area (Å²) in [4.78, 5) is 10.9. The number of hydrogen-bond donors (Lipinski definition) is 2. The van der Waals surface area contributed by atoms with Gasteiger partial charge >= 0.3 is 0 Å². The lowest BCUT2D eigenvalue weighted by molar-refractivity contribution is -0.121. The number of nitrogens with one attached hydrogen (secondary N) is 1. The molecule has 0 aromatic heterocycles. The number of hydrogen-bond acceptors (Lipinski definition) is 2. The van der Waals surface area contributed by atoms with Gasteiger partial charge in [-0.15, -0.1) is 0 Å². The van der Waals surface area contributed by atoms with E-state index in [-0.39, 0.29) is 5.91 Å². The van der Waals surface area contributed by atoms with Crippen molar-refractivity contribution in [3.8, 4) is 0 Å². The lowest BCUT2D eigenvalue weighted by Gasteiger charge is -2.01. The number of carbonyl (C=O) groups is 1. The molecule has 1 amide bonds. The van der Waals surface area contributed by atoms with Crippen molar-refractivity contribution in [2.75, 3.05) is 13.1 Å². The third-order valence-electron chi connectivity index (χ3n) is 1.47. The van der Waals surface area contributed by atoms with Gasteiger partial charge in [-0.2, -0.15) is 0 Å². The molecule has 0 aromatic carbocycles. The molecule has 0 aliphatic rings. The third-order valence-corrected chi connectivity index (χ3v) is 1.47. The van der Waals surface area contributed by atoms with Gasteiger partial charge in [0.1, 0.15) is 7.85 Å². The molecule has 3 N–H and O–H groups in total. The zero-order valence-corrected chi connectivity index (χ0v) is 7.23. The van der Waals surface area contributed by atoms with Crippen LogP contribution < -0.4 is 11.1 Å². The van der Waals surface area contributed by atoms with Crippen molar-refractivity contribution in [2.24, 2.45) is 5.73 Å². The number of rotatable bonds is 6. The molecular formula is C7H17BN2O. The Morgan fingerprint density at radius 3 is 2.73 bits per heavy atom. The maximum absolute atomic E-state index is 10.9. The van der Waals surface area contributed by atoms with Crippen LogP contribution in [0.1, 0.15) is 19.3 Å². The van der Waals surface area contributed by atoms with Crippen LogP contribution in [0.15, 0.2) is 0 Å². The highest BCUT2D eigenvalue weighted by atomic mass is 16.1. The molecule has 3 nitrogen and oxygen atoms in total. The Kier molecular flexibility index (Phi) is 7.25. The van der Waals surface area contributed by atoms with Crippen LogP contribution in [0.25, 0.3) is 0 Å². The summed E-state index contributed by atoms with van der Waals surface area (Å²) >= 11 is 0. The van der Waals surface area contributed by atoms with Crippen LogP contribution >= 0.6 is 0 Å². The number of nitrogens with two attached hydrogens (primary N) is 1. The van der Waals surface area contributed by atoms with Crippen LogP contribution in [0.4, 0.5) is 0 Å². The van der Waals surface area contributed by atoms with Gasteiger partial charge in [0.25, 0.3) is 0 Å². The normalized spacial score (nSPS) is 9.55. The summed E-state index contributed by atoms with van der Waals surface area (Å²) in [5.74, 6) is 0.129. The van der Waals surface area contributed by atoms with E-state index >= 15 is 0 Å². The standard InChI is InChI=1S/C7H17BN2O/c8-4-2-1-3-7(11)10-6-5-9/h1-6,8-9H2,(H,10,11). The van der Waals surface area contributed by atoms with Gasteiger partial charge in [-0.05, 0) is 6.42 Å². The number of carbonyl (C=O) groups excluding carboxylic acids is 1. The van der Waals surface area contributed by atoms with Gasteiger partial charge in [0.15, 0.2) is 0 Å². The van der Waals surface area contributed by atoms with Crippen molar-refractivity contribution < 1.29 is 4.79 Å². The van der Waals surface area contributed by atoms with Gasteiger partial charge in [0, 0.05) is 19.5 Å². The predicted molar refractivity (Wildman–Crippen MR) is 49.3 cm³/mol. The third kappa shape index (κ3) is 7.39. The first-order valence-corrected chi connectivity index (χ1v) is 4.28. The van der Waals surface area contributed by atoms with Crippen molar-refractivity contribution in [1.82, 2.24) is 5.32 Å². The molecule has 0 rings (SSSR count). The minimum absolute atomic E-state index is 0.129. The van der Waals surface area contributed by atoms with Crippen LogP contribution in [0.3, 0.4) is 0 Å². The predicted octanol–water partition coefficient (Wildman–Crippen LogP) is -0.717. The van der Waals surface area contributed by atoms with E-state index in [2.05, 4.69) is 13.2 Å². The van der Waals surface area contributed by atoms with Crippen LogP contribution in [-0.4, -0.2) is 26.8 Å². The molecule has 4 heteroatoms. The average molecular weight is 156 g/mol. The maximum atomic E-state index is 10.9. The summed E-state index contributed by atoms with van der Waals surface area (Å²) in [5.41, 5.74) is 5.22. The van der Waals surface area contributed by atoms with Crippen LogP contribution in [0.5, 0.6) is 0 Å². The molecular weight excluding hydrogens is 139 g/mol. The van der Waals surface area contributed by atoms with E-state index in [1.54, 1.807) is 0 Å². The van der Waals surface area contributed by atoms with Crippen molar-refractivity contribution in [3.63, 3.8) is 0 Å². The van der Waals surface area contributed by atoms with Gasteiger partial charge < -0.3 is 11.1 Å². The highest BCUT2D eigenvalue weighted by Crippen LogP contribution is 1.96. The molecule has 0 saturated heterocycles. The molecule has 0 atom stereocenters. The summed E-state index contributed by atoms with van der Waals surface area (Å²) in [6, 6.07) is 0. The van der Waals surface area contributed by atoms with Gasteiger partial charge in [-0.25, -0.2) is 0 Å². The lowest BCUT2D eigenvalue weighted by Crippen LogP contribution is -2.28. The van der Waals surface area contributed by atoms with Crippen molar-refractivity contribution in [2.45, 2.75) is 25.6 Å². The van der Waals surface area contributed by atoms with Gasteiger partial charge in [-0.1, -0.05) is 12.7 Å². The first-order valence-electron chi connectivity index (χ1n) is 4.28. The Morgan fingerprint density at radius 2 is 2.18 bits per heavy atom. The molecule has 0 radical (unpaired) electrons. The first-order chi connectivity index (χ1) is 5.31. The molecule has 0 spiro atoms. The Hall–Kier alpha value is -0.505. The zero-order chi connectivity index (χ0) is 8.53. The SMILES string of the molecule is BCCCCC(=O)NCCN. The molecule has 0 fully saturated rings. The van der Waals surface area contributed by atoms with E-state index < -0.39 is 0 Å². The highest BCUT2D eigenvalue weighted by molar-refractivity contribution is 6.08. The largest absolute Gasteiger partial charge is 0.355 e. The van der Waals surface area contributed by atoms with Crippen LogP contribution in [0, 0.1) is 0 Å². The molecule has 64 valence electrons. The number of amides is 1. The van der Waals surface area contributed by atoms with Crippen molar-refractivity contribution in [3.05, 3.63) is 0 Å². The first kappa shape index (κ1) is 10.5. The molecule has 0 unspecified atom stereocenters. The van der Waals surface area contributed by atoms with Gasteiger partial charge in [0.05, 0.1) is 0 Å². The zero-order valence-electron chi connectivity index (χ0n) is 7.23. The van der Waals surface area contributed by atoms with E-state index in [4.69, 9.17) is 5.73 Å². The summed E-state index contributed by atoms with van der Waals surface area (Å²) in [5, 5.41) is 2.73. The van der Waals surface area contributed by atoms with E-state index in [0.29, 0.717) is 19.5 Å². The van der Waals surface area contributed by atoms with Crippen molar-refractivity contribution >= 4 is 13.8 Å². The van der Waals surface area contributed by atoms with Crippen LogP contribution in [0.2, 0.25) is 6.32 Å². The quantitative estimate of drug-likeness (QED) is 0.394. The summed E-state index contributed by atoms with van der Waals surface area (Å²) in [6.45, 7) is 1.13. The molecule has 11 heavy (non-hydrogen) atoms. The molecule has 0 aliphatic heterocycles.